The number of furan rings is 1. The lowest BCUT2D eigenvalue weighted by molar-refractivity contribution is 0.482. The Morgan fingerprint density at radius 3 is 2.89 bits per heavy atom. The minimum absolute atomic E-state index is 0. The van der Waals surface area contributed by atoms with E-state index >= 15 is 0 Å². The third-order valence-corrected chi connectivity index (χ3v) is 2.70. The molecule has 1 N–H and O–H groups in total. The monoisotopic (exact) mass is 269 g/mol. The molecule has 0 radical (unpaired) electrons. The smallest absolute Gasteiger partial charge is 0.117 e. The number of hydrogen-bond donors (Lipinski definition) is 1. The van der Waals surface area contributed by atoms with Gasteiger partial charge in [-0.1, -0.05) is 6.92 Å². The van der Waals surface area contributed by atoms with E-state index in [1.165, 1.54) is 5.56 Å². The first-order valence-corrected chi connectivity index (χ1v) is 6.05. The van der Waals surface area contributed by atoms with Crippen molar-refractivity contribution in [3.8, 4) is 0 Å². The third kappa shape index (κ3) is 3.89. The zero-order valence-corrected chi connectivity index (χ0v) is 11.7. The lowest BCUT2D eigenvalue weighted by Gasteiger charge is -2.00. The Kier molecular flexibility index (Phi) is 5.95. The van der Waals surface area contributed by atoms with Crippen LogP contribution in [0.15, 0.2) is 29.0 Å². The van der Waals surface area contributed by atoms with E-state index in [2.05, 4.69) is 30.5 Å². The van der Waals surface area contributed by atoms with Crippen molar-refractivity contribution in [3.63, 3.8) is 0 Å². The van der Waals surface area contributed by atoms with Crippen molar-refractivity contribution in [1.82, 2.24) is 15.1 Å². The van der Waals surface area contributed by atoms with Crippen LogP contribution in [0.5, 0.6) is 0 Å². The molecule has 18 heavy (non-hydrogen) atoms. The lowest BCUT2D eigenvalue weighted by Crippen LogP contribution is -2.12. The second-order valence-corrected chi connectivity index (χ2v) is 4.19. The zero-order chi connectivity index (χ0) is 12.1. The van der Waals surface area contributed by atoms with Gasteiger partial charge in [-0.3, -0.25) is 4.68 Å². The van der Waals surface area contributed by atoms with Crippen LogP contribution in [0, 0.1) is 6.92 Å². The van der Waals surface area contributed by atoms with E-state index in [1.54, 1.807) is 6.26 Å². The van der Waals surface area contributed by atoms with Crippen LogP contribution in [-0.4, -0.2) is 9.78 Å². The molecular weight excluding hydrogens is 250 g/mol. The molecule has 2 aromatic rings. The van der Waals surface area contributed by atoms with Crippen LogP contribution in [0.2, 0.25) is 0 Å². The third-order valence-electron chi connectivity index (χ3n) is 2.70. The summed E-state index contributed by atoms with van der Waals surface area (Å²) in [7, 11) is 0. The molecule has 2 rings (SSSR count). The highest BCUT2D eigenvalue weighted by atomic mass is 35.5. The molecule has 0 amide bonds. The minimum Gasteiger partial charge on any atom is -0.468 e. The first-order valence-electron chi connectivity index (χ1n) is 6.05. The normalized spacial score (nSPS) is 10.3. The van der Waals surface area contributed by atoms with Crippen LogP contribution >= 0.6 is 12.4 Å². The molecule has 5 heteroatoms. The number of aromatic nitrogens is 2. The number of rotatable bonds is 6. The molecule has 0 aliphatic heterocycles. The molecule has 2 heterocycles. The van der Waals surface area contributed by atoms with Gasteiger partial charge in [-0.2, -0.15) is 5.10 Å². The Morgan fingerprint density at radius 1 is 1.39 bits per heavy atom. The number of hydrogen-bond acceptors (Lipinski definition) is 3. The maximum absolute atomic E-state index is 5.26. The number of nitrogens with one attached hydrogen (secondary N) is 1. The summed E-state index contributed by atoms with van der Waals surface area (Å²) in [6.45, 7) is 6.78. The van der Waals surface area contributed by atoms with Gasteiger partial charge in [0.25, 0.3) is 0 Å². The summed E-state index contributed by atoms with van der Waals surface area (Å²) >= 11 is 0. The van der Waals surface area contributed by atoms with Crippen LogP contribution in [0.4, 0.5) is 0 Å². The fourth-order valence-corrected chi connectivity index (χ4v) is 1.81. The van der Waals surface area contributed by atoms with Gasteiger partial charge in [-0.15, -0.1) is 12.4 Å². The molecule has 0 unspecified atom stereocenters. The van der Waals surface area contributed by atoms with Crippen LogP contribution in [-0.2, 0) is 19.6 Å². The molecule has 0 saturated heterocycles. The minimum atomic E-state index is 0. The van der Waals surface area contributed by atoms with Crippen LogP contribution in [0.3, 0.4) is 0 Å². The Labute approximate surface area is 114 Å². The molecule has 0 aliphatic carbocycles. The van der Waals surface area contributed by atoms with Gasteiger partial charge in [0.1, 0.15) is 5.76 Å². The van der Waals surface area contributed by atoms with E-state index in [4.69, 9.17) is 4.42 Å². The summed E-state index contributed by atoms with van der Waals surface area (Å²) in [5.41, 5.74) is 2.36. The van der Waals surface area contributed by atoms with E-state index < -0.39 is 0 Å². The van der Waals surface area contributed by atoms with Gasteiger partial charge in [0.15, 0.2) is 0 Å². The fraction of sp³-hybridized carbons (Fsp3) is 0.462. The van der Waals surface area contributed by atoms with Crippen molar-refractivity contribution >= 4 is 12.4 Å². The molecule has 2 aromatic heterocycles. The summed E-state index contributed by atoms with van der Waals surface area (Å²) in [6.07, 6.45) is 4.93. The molecule has 0 fully saturated rings. The summed E-state index contributed by atoms with van der Waals surface area (Å²) in [4.78, 5) is 0. The molecule has 0 atom stereocenters. The van der Waals surface area contributed by atoms with E-state index in [0.29, 0.717) is 0 Å². The molecule has 100 valence electrons. The van der Waals surface area contributed by atoms with E-state index in [0.717, 1.165) is 37.5 Å². The highest BCUT2D eigenvalue weighted by Gasteiger charge is 2.04. The summed E-state index contributed by atoms with van der Waals surface area (Å²) in [5.74, 6) is 0.962. The summed E-state index contributed by atoms with van der Waals surface area (Å²) < 4.78 is 7.28. The predicted molar refractivity (Wildman–Crippen MR) is 73.8 cm³/mol. The molecule has 0 aromatic carbocycles. The van der Waals surface area contributed by atoms with Crippen molar-refractivity contribution < 1.29 is 4.42 Å². The SMILES string of the molecule is CCCn1cc(CNCc2ccco2)c(C)n1.Cl. The molecule has 0 spiro atoms. The quantitative estimate of drug-likeness (QED) is 0.877. The zero-order valence-electron chi connectivity index (χ0n) is 10.8. The highest BCUT2D eigenvalue weighted by molar-refractivity contribution is 5.85. The molecule has 0 saturated carbocycles. The fourth-order valence-electron chi connectivity index (χ4n) is 1.81. The molecular formula is C13H20ClN3O. The van der Waals surface area contributed by atoms with Gasteiger partial charge in [-0.05, 0) is 25.5 Å². The Hall–Kier alpha value is -1.26. The van der Waals surface area contributed by atoms with Gasteiger partial charge in [0, 0.05) is 24.8 Å². The Morgan fingerprint density at radius 2 is 2.22 bits per heavy atom. The van der Waals surface area contributed by atoms with Crippen LogP contribution in [0.25, 0.3) is 0 Å². The second kappa shape index (κ2) is 7.24. The maximum atomic E-state index is 5.26. The van der Waals surface area contributed by atoms with E-state index in [9.17, 15) is 0 Å². The highest BCUT2D eigenvalue weighted by Crippen LogP contribution is 2.06. The van der Waals surface area contributed by atoms with Crippen LogP contribution < -0.4 is 5.32 Å². The average molecular weight is 270 g/mol. The topological polar surface area (TPSA) is 43.0 Å². The van der Waals surface area contributed by atoms with Gasteiger partial charge >= 0.3 is 0 Å². The van der Waals surface area contributed by atoms with Crippen molar-refractivity contribution in [1.29, 1.82) is 0 Å². The largest absolute Gasteiger partial charge is 0.468 e. The number of nitrogens with zero attached hydrogens (tertiary/aromatic N) is 2. The van der Waals surface area contributed by atoms with E-state index in [1.807, 2.05) is 16.8 Å². The molecule has 0 aliphatic rings. The van der Waals surface area contributed by atoms with E-state index in [-0.39, 0.29) is 12.4 Å². The van der Waals surface area contributed by atoms with Crippen molar-refractivity contribution in [3.05, 3.63) is 41.6 Å². The first kappa shape index (κ1) is 14.8. The molecule has 4 nitrogen and oxygen atoms in total. The predicted octanol–water partition coefficient (Wildman–Crippen LogP) is 2.91. The summed E-state index contributed by atoms with van der Waals surface area (Å²) in [5, 5.41) is 7.82. The van der Waals surface area contributed by atoms with Gasteiger partial charge in [0.05, 0.1) is 18.5 Å². The second-order valence-electron chi connectivity index (χ2n) is 4.19. The number of aryl methyl sites for hydroxylation is 2. The van der Waals surface area contributed by atoms with Crippen LogP contribution in [0.1, 0.15) is 30.4 Å². The van der Waals surface area contributed by atoms with Gasteiger partial charge in [-0.25, -0.2) is 0 Å². The van der Waals surface area contributed by atoms with Crippen molar-refractivity contribution in [2.75, 3.05) is 0 Å². The van der Waals surface area contributed by atoms with Crippen molar-refractivity contribution in [2.45, 2.75) is 39.9 Å². The number of halogens is 1. The molecule has 0 bridgehead atoms. The Balaban J connectivity index is 0.00000162. The Bertz CT molecular complexity index is 451. The average Bonchev–Trinajstić information content (AvgIpc) is 2.90. The summed E-state index contributed by atoms with van der Waals surface area (Å²) in [6, 6.07) is 3.88. The van der Waals surface area contributed by atoms with Gasteiger partial charge < -0.3 is 9.73 Å². The standard InChI is InChI=1S/C13H19N3O.ClH/c1-3-6-16-10-12(11(2)15-16)8-14-9-13-5-4-7-17-13;/h4-5,7,10,14H,3,6,8-9H2,1-2H3;1H. The van der Waals surface area contributed by atoms with Crippen molar-refractivity contribution in [2.24, 2.45) is 0 Å². The maximum Gasteiger partial charge on any atom is 0.117 e. The first-order chi connectivity index (χ1) is 8.29. The van der Waals surface area contributed by atoms with Gasteiger partial charge in [0.2, 0.25) is 0 Å². The lowest BCUT2D eigenvalue weighted by atomic mass is 10.2.